The van der Waals surface area contributed by atoms with Crippen LogP contribution in [0.25, 0.3) is 0 Å². The van der Waals surface area contributed by atoms with Crippen molar-refractivity contribution in [3.8, 4) is 11.5 Å². The molecule has 0 saturated heterocycles. The summed E-state index contributed by atoms with van der Waals surface area (Å²) < 4.78 is 31.1. The van der Waals surface area contributed by atoms with Crippen LogP contribution in [0.4, 0.5) is 22.7 Å². The summed E-state index contributed by atoms with van der Waals surface area (Å²) in [6.07, 6.45) is 0. The van der Waals surface area contributed by atoms with Crippen LogP contribution in [0, 0.1) is 13.8 Å². The Labute approximate surface area is 201 Å². The van der Waals surface area contributed by atoms with Gasteiger partial charge >= 0.3 is 0 Å². The number of rotatable bonds is 5. The predicted octanol–water partition coefficient (Wildman–Crippen LogP) is 5.41. The van der Waals surface area contributed by atoms with E-state index in [9.17, 15) is 18.6 Å². The van der Waals surface area contributed by atoms with Crippen molar-refractivity contribution in [2.45, 2.75) is 18.7 Å². The first-order valence-corrected chi connectivity index (χ1v) is 10.1. The molecule has 0 atom stereocenters. The smallest absolute Gasteiger partial charge is 0.294 e. The van der Waals surface area contributed by atoms with Crippen molar-refractivity contribution >= 4 is 62.4 Å². The Morgan fingerprint density at radius 2 is 1.26 bits per heavy atom. The second-order valence-corrected chi connectivity index (χ2v) is 7.91. The molecule has 0 aliphatic heterocycles. The third kappa shape index (κ3) is 6.42. The fourth-order valence-corrected chi connectivity index (χ4v) is 3.02. The molecule has 0 unspecified atom stereocenters. The van der Waals surface area contributed by atoms with Crippen LogP contribution in [-0.2, 0) is 10.1 Å². The normalized spacial score (nSPS) is 11.7. The van der Waals surface area contributed by atoms with Crippen molar-refractivity contribution in [3.63, 3.8) is 0 Å². The van der Waals surface area contributed by atoms with Gasteiger partial charge in [0, 0.05) is 41.7 Å². The molecule has 0 saturated carbocycles. The van der Waals surface area contributed by atoms with E-state index in [1.165, 1.54) is 30.3 Å². The summed E-state index contributed by atoms with van der Waals surface area (Å²) in [4.78, 5) is -0.275. The van der Waals surface area contributed by atoms with Crippen LogP contribution in [0.1, 0.15) is 11.1 Å². The van der Waals surface area contributed by atoms with Gasteiger partial charge in [-0.25, -0.2) is 0 Å². The number of hydrogen-bond donors (Lipinski definition) is 3. The van der Waals surface area contributed by atoms with Gasteiger partial charge in [-0.15, -0.1) is 10.2 Å². The maximum atomic E-state index is 11.1. The first kappa shape index (κ1) is 24.6. The van der Waals surface area contributed by atoms with Gasteiger partial charge in [0.15, 0.2) is 0 Å². The number of azo groups is 2. The summed E-state index contributed by atoms with van der Waals surface area (Å²) in [5.41, 5.74) is 3.05. The summed E-state index contributed by atoms with van der Waals surface area (Å²) in [6.45, 7) is 3.86. The Kier molecular flexibility index (Phi) is 8.04. The first-order chi connectivity index (χ1) is 14.1. The molecule has 9 nitrogen and oxygen atoms in total. The van der Waals surface area contributed by atoms with Gasteiger partial charge in [0.1, 0.15) is 22.9 Å². The molecule has 0 aliphatic rings. The van der Waals surface area contributed by atoms with E-state index in [4.69, 9.17) is 4.55 Å². The quantitative estimate of drug-likeness (QED) is 0.271. The van der Waals surface area contributed by atoms with Gasteiger partial charge in [0.2, 0.25) is 0 Å². The second-order valence-electron chi connectivity index (χ2n) is 6.49. The minimum atomic E-state index is -4.30. The van der Waals surface area contributed by atoms with Crippen LogP contribution in [0.15, 0.2) is 79.9 Å². The predicted molar refractivity (Wildman–Crippen MR) is 116 cm³/mol. The minimum Gasteiger partial charge on any atom is -0.505 e. The zero-order valence-electron chi connectivity index (χ0n) is 17.1. The number of phenolic OH excluding ortho intramolecular Hbond substituents is 2. The number of hydrogen-bond acceptors (Lipinski definition) is 8. The van der Waals surface area contributed by atoms with Crippen molar-refractivity contribution in [1.82, 2.24) is 0 Å². The molecule has 0 aromatic heterocycles. The molecule has 3 aromatic rings. The standard InChI is InChI=1S/C20H18N4O5S.Na/c1-12-3-8-16(13(2)9-12)22-24-18-10-17(19(25)11-20(18)26)23-21-14-4-6-15(7-5-14)30(27,28)29;/h3-11,25-26H,1-2H3,(H,27,28,29);. The maximum Gasteiger partial charge on any atom is 0.294 e. The van der Waals surface area contributed by atoms with Crippen molar-refractivity contribution in [2.24, 2.45) is 20.5 Å². The maximum absolute atomic E-state index is 11.1. The first-order valence-electron chi connectivity index (χ1n) is 8.68. The van der Waals surface area contributed by atoms with E-state index in [1.54, 1.807) is 0 Å². The summed E-state index contributed by atoms with van der Waals surface area (Å²) in [6, 6.07) is 13.1. The van der Waals surface area contributed by atoms with Crippen molar-refractivity contribution in [1.29, 1.82) is 0 Å². The molecule has 0 heterocycles. The van der Waals surface area contributed by atoms with Crippen LogP contribution < -0.4 is 0 Å². The average Bonchev–Trinajstić information content (AvgIpc) is 2.67. The van der Waals surface area contributed by atoms with Crippen LogP contribution in [-0.4, -0.2) is 52.7 Å². The third-order valence-corrected chi connectivity index (χ3v) is 4.97. The SMILES string of the molecule is Cc1ccc(N=Nc2cc(N=Nc3ccc(S(=O)(=O)O)cc3)c(O)cc2O)c(C)c1.[Na]. The molecular weight excluding hydrogens is 431 g/mol. The number of aryl methyl sites for hydroxylation is 2. The Morgan fingerprint density at radius 1 is 0.710 bits per heavy atom. The van der Waals surface area contributed by atoms with Crippen molar-refractivity contribution in [3.05, 3.63) is 65.7 Å². The van der Waals surface area contributed by atoms with Gasteiger partial charge < -0.3 is 10.2 Å². The van der Waals surface area contributed by atoms with Gasteiger partial charge in [-0.2, -0.15) is 18.6 Å². The fraction of sp³-hybridized carbons (Fsp3) is 0.100. The van der Waals surface area contributed by atoms with E-state index in [-0.39, 0.29) is 63.0 Å². The number of benzene rings is 3. The van der Waals surface area contributed by atoms with E-state index in [0.717, 1.165) is 17.2 Å². The Morgan fingerprint density at radius 3 is 1.81 bits per heavy atom. The van der Waals surface area contributed by atoms with E-state index in [2.05, 4.69) is 20.5 Å². The molecular formula is C20H18N4NaO5S. The van der Waals surface area contributed by atoms with Crippen LogP contribution in [0.2, 0.25) is 0 Å². The van der Waals surface area contributed by atoms with Gasteiger partial charge in [-0.05, 0) is 49.7 Å². The van der Waals surface area contributed by atoms with Crippen molar-refractivity contribution in [2.75, 3.05) is 0 Å². The number of phenols is 2. The van der Waals surface area contributed by atoms with Crippen LogP contribution in [0.5, 0.6) is 11.5 Å². The molecule has 31 heavy (non-hydrogen) atoms. The average molecular weight is 449 g/mol. The minimum absolute atomic E-state index is 0. The molecule has 0 aliphatic carbocycles. The molecule has 11 heteroatoms. The molecule has 3 aromatic carbocycles. The molecule has 3 rings (SSSR count). The molecule has 0 fully saturated rings. The second kappa shape index (κ2) is 10.1. The molecule has 0 bridgehead atoms. The van der Waals surface area contributed by atoms with Crippen LogP contribution >= 0.6 is 0 Å². The molecule has 3 N–H and O–H groups in total. The van der Waals surface area contributed by atoms with E-state index >= 15 is 0 Å². The van der Waals surface area contributed by atoms with Gasteiger partial charge in [-0.3, -0.25) is 4.55 Å². The number of aromatic hydroxyl groups is 2. The van der Waals surface area contributed by atoms with E-state index < -0.39 is 10.1 Å². The topological polar surface area (TPSA) is 144 Å². The summed E-state index contributed by atoms with van der Waals surface area (Å²) in [5.74, 6) is -0.603. The monoisotopic (exact) mass is 449 g/mol. The molecule has 0 spiro atoms. The van der Waals surface area contributed by atoms with Crippen molar-refractivity contribution < 1.29 is 23.2 Å². The Balaban J connectivity index is 0.00000341. The summed E-state index contributed by atoms with van der Waals surface area (Å²) >= 11 is 0. The van der Waals surface area contributed by atoms with Gasteiger partial charge in [0.25, 0.3) is 10.1 Å². The zero-order valence-corrected chi connectivity index (χ0v) is 19.9. The summed E-state index contributed by atoms with van der Waals surface area (Å²) in [5, 5.41) is 36.0. The largest absolute Gasteiger partial charge is 0.505 e. The fourth-order valence-electron chi connectivity index (χ4n) is 2.54. The van der Waals surface area contributed by atoms with Crippen LogP contribution in [0.3, 0.4) is 0 Å². The molecule has 0 amide bonds. The third-order valence-electron chi connectivity index (χ3n) is 4.10. The molecule has 155 valence electrons. The Hall–Kier alpha value is -2.63. The molecule has 1 radical (unpaired) electrons. The Bertz CT molecular complexity index is 1260. The van der Waals surface area contributed by atoms with Gasteiger partial charge in [0.05, 0.1) is 16.3 Å². The van der Waals surface area contributed by atoms with E-state index in [1.807, 2.05) is 32.0 Å². The van der Waals surface area contributed by atoms with Gasteiger partial charge in [-0.1, -0.05) is 17.7 Å². The van der Waals surface area contributed by atoms with E-state index in [0.29, 0.717) is 5.69 Å². The zero-order chi connectivity index (χ0) is 21.9. The summed E-state index contributed by atoms with van der Waals surface area (Å²) in [7, 11) is -4.30. The number of nitrogens with zero attached hydrogens (tertiary/aromatic N) is 4.